The van der Waals surface area contributed by atoms with Gasteiger partial charge < -0.3 is 9.80 Å². The van der Waals surface area contributed by atoms with Crippen LogP contribution in [-0.2, 0) is 9.59 Å². The third kappa shape index (κ3) is 5.11. The molecule has 0 atom stereocenters. The third-order valence-electron chi connectivity index (χ3n) is 6.12. The van der Waals surface area contributed by atoms with Gasteiger partial charge in [-0.2, -0.15) is 0 Å². The van der Waals surface area contributed by atoms with Gasteiger partial charge in [-0.1, -0.05) is 12.8 Å². The van der Waals surface area contributed by atoms with Crippen molar-refractivity contribution in [2.45, 2.75) is 44.9 Å². The van der Waals surface area contributed by atoms with E-state index in [0.29, 0.717) is 13.1 Å². The summed E-state index contributed by atoms with van der Waals surface area (Å²) in [6, 6.07) is 4.99. The normalized spacial score (nSPS) is 21.7. The molecule has 0 aliphatic carbocycles. The first-order valence-corrected chi connectivity index (χ1v) is 11.9. The standard InChI is InChI=1S/C23H28FN3O3S/c24-19-15-18(25-10-6-3-7-11-25)9-8-17(19)14-20-22(29)27(23(30)31-20)16-21(28)26-12-4-1-2-5-13-26/h8-9,14-15H,1-7,10-13,16H2. The molecule has 0 bridgehead atoms. The van der Waals surface area contributed by atoms with Crippen molar-refractivity contribution in [1.29, 1.82) is 0 Å². The van der Waals surface area contributed by atoms with E-state index in [1.165, 1.54) is 18.6 Å². The van der Waals surface area contributed by atoms with Gasteiger partial charge in [0.15, 0.2) is 0 Å². The Kier molecular flexibility index (Phi) is 6.95. The van der Waals surface area contributed by atoms with E-state index in [1.54, 1.807) is 11.0 Å². The number of hydrogen-bond donors (Lipinski definition) is 0. The fourth-order valence-corrected chi connectivity index (χ4v) is 5.14. The lowest BCUT2D eigenvalue weighted by Crippen LogP contribution is -2.42. The summed E-state index contributed by atoms with van der Waals surface area (Å²) in [7, 11) is 0. The molecule has 3 saturated heterocycles. The van der Waals surface area contributed by atoms with E-state index >= 15 is 0 Å². The van der Waals surface area contributed by atoms with Crippen LogP contribution in [0.3, 0.4) is 0 Å². The first-order chi connectivity index (χ1) is 15.0. The van der Waals surface area contributed by atoms with Gasteiger partial charge in [-0.05, 0) is 68.1 Å². The highest BCUT2D eigenvalue weighted by Gasteiger charge is 2.37. The minimum atomic E-state index is -0.530. The van der Waals surface area contributed by atoms with E-state index < -0.39 is 17.0 Å². The maximum Gasteiger partial charge on any atom is 0.294 e. The van der Waals surface area contributed by atoms with Crippen LogP contribution < -0.4 is 4.90 Å². The second-order valence-electron chi connectivity index (χ2n) is 8.32. The van der Waals surface area contributed by atoms with Crippen molar-refractivity contribution >= 4 is 40.6 Å². The summed E-state index contributed by atoms with van der Waals surface area (Å²) in [4.78, 5) is 42.7. The Balaban J connectivity index is 1.44. The lowest BCUT2D eigenvalue weighted by Gasteiger charge is -2.28. The zero-order valence-corrected chi connectivity index (χ0v) is 18.5. The van der Waals surface area contributed by atoms with Gasteiger partial charge in [-0.15, -0.1) is 0 Å². The molecular formula is C23H28FN3O3S. The molecule has 8 heteroatoms. The summed E-state index contributed by atoms with van der Waals surface area (Å²) < 4.78 is 14.7. The molecule has 1 aromatic carbocycles. The minimum absolute atomic E-state index is 0.151. The first-order valence-electron chi connectivity index (χ1n) is 11.1. The van der Waals surface area contributed by atoms with Crippen LogP contribution in [-0.4, -0.2) is 59.6 Å². The van der Waals surface area contributed by atoms with Crippen LogP contribution in [0.4, 0.5) is 14.9 Å². The average molecular weight is 446 g/mol. The number of amides is 3. The molecule has 0 N–H and O–H groups in total. The zero-order chi connectivity index (χ0) is 21.8. The fourth-order valence-electron chi connectivity index (χ4n) is 4.31. The van der Waals surface area contributed by atoms with E-state index in [2.05, 4.69) is 4.90 Å². The van der Waals surface area contributed by atoms with Crippen molar-refractivity contribution in [1.82, 2.24) is 9.80 Å². The van der Waals surface area contributed by atoms with Crippen molar-refractivity contribution in [3.05, 3.63) is 34.5 Å². The molecule has 3 aliphatic rings. The third-order valence-corrected chi connectivity index (χ3v) is 7.02. The Hall–Kier alpha value is -2.35. The topological polar surface area (TPSA) is 60.9 Å². The summed E-state index contributed by atoms with van der Waals surface area (Å²) >= 11 is 0.761. The smallest absolute Gasteiger partial charge is 0.294 e. The van der Waals surface area contributed by atoms with Gasteiger partial charge in [-0.25, -0.2) is 4.39 Å². The van der Waals surface area contributed by atoms with Crippen molar-refractivity contribution in [2.75, 3.05) is 37.6 Å². The maximum atomic E-state index is 14.7. The summed E-state index contributed by atoms with van der Waals surface area (Å²) in [6.45, 7) is 2.92. The van der Waals surface area contributed by atoms with Gasteiger partial charge in [0.2, 0.25) is 5.91 Å². The molecule has 0 aromatic heterocycles. The SMILES string of the molecule is O=C(CN1C(=O)SC(=Cc2ccc(N3CCCCC3)cc2F)C1=O)N1CCCCCC1. The van der Waals surface area contributed by atoms with E-state index in [9.17, 15) is 18.8 Å². The molecule has 0 radical (unpaired) electrons. The number of likely N-dealkylation sites (tertiary alicyclic amines) is 1. The van der Waals surface area contributed by atoms with Gasteiger partial charge in [0.1, 0.15) is 12.4 Å². The second-order valence-corrected chi connectivity index (χ2v) is 9.31. The average Bonchev–Trinajstić information content (AvgIpc) is 2.97. The van der Waals surface area contributed by atoms with Crippen LogP contribution in [0.15, 0.2) is 23.1 Å². The number of benzene rings is 1. The van der Waals surface area contributed by atoms with E-state index in [4.69, 9.17) is 0 Å². The number of anilines is 1. The number of nitrogens with zero attached hydrogens (tertiary/aromatic N) is 3. The Morgan fingerprint density at radius 2 is 1.61 bits per heavy atom. The molecule has 1 aromatic rings. The molecule has 0 unspecified atom stereocenters. The van der Waals surface area contributed by atoms with Crippen LogP contribution in [0, 0.1) is 5.82 Å². The van der Waals surface area contributed by atoms with Gasteiger partial charge in [0.05, 0.1) is 4.91 Å². The minimum Gasteiger partial charge on any atom is -0.371 e. The number of hydrogen-bond acceptors (Lipinski definition) is 5. The number of piperidine rings is 1. The second kappa shape index (κ2) is 9.85. The molecule has 3 heterocycles. The highest BCUT2D eigenvalue weighted by Crippen LogP contribution is 2.33. The summed E-state index contributed by atoms with van der Waals surface area (Å²) in [6.07, 6.45) is 8.90. The van der Waals surface area contributed by atoms with E-state index in [-0.39, 0.29) is 22.9 Å². The maximum absolute atomic E-state index is 14.7. The van der Waals surface area contributed by atoms with Crippen molar-refractivity contribution < 1.29 is 18.8 Å². The summed E-state index contributed by atoms with van der Waals surface area (Å²) in [5, 5.41) is -0.482. The van der Waals surface area contributed by atoms with Crippen LogP contribution >= 0.6 is 11.8 Å². The Morgan fingerprint density at radius 1 is 0.968 bits per heavy atom. The molecule has 166 valence electrons. The van der Waals surface area contributed by atoms with Gasteiger partial charge in [0.25, 0.3) is 11.1 Å². The lowest BCUT2D eigenvalue weighted by atomic mass is 10.1. The molecule has 4 rings (SSSR count). The monoisotopic (exact) mass is 445 g/mol. The van der Waals surface area contributed by atoms with Crippen LogP contribution in [0.2, 0.25) is 0 Å². The van der Waals surface area contributed by atoms with Crippen molar-refractivity contribution in [3.8, 4) is 0 Å². The highest BCUT2D eigenvalue weighted by atomic mass is 32.2. The highest BCUT2D eigenvalue weighted by molar-refractivity contribution is 8.18. The van der Waals surface area contributed by atoms with E-state index in [1.807, 2.05) is 6.07 Å². The molecule has 3 amide bonds. The summed E-state index contributed by atoms with van der Waals surface area (Å²) in [5.74, 6) is -1.16. The van der Waals surface area contributed by atoms with Gasteiger partial charge >= 0.3 is 0 Å². The fraction of sp³-hybridized carbons (Fsp3) is 0.522. The molecule has 6 nitrogen and oxygen atoms in total. The number of thioether (sulfide) groups is 1. The van der Waals surface area contributed by atoms with Crippen LogP contribution in [0.5, 0.6) is 0 Å². The molecular weight excluding hydrogens is 417 g/mol. The zero-order valence-electron chi connectivity index (χ0n) is 17.6. The van der Waals surface area contributed by atoms with Crippen LogP contribution in [0.1, 0.15) is 50.5 Å². The van der Waals surface area contributed by atoms with E-state index in [0.717, 1.165) is 74.0 Å². The van der Waals surface area contributed by atoms with Gasteiger partial charge in [-0.3, -0.25) is 19.3 Å². The van der Waals surface area contributed by atoms with Crippen molar-refractivity contribution in [2.24, 2.45) is 0 Å². The molecule has 0 spiro atoms. The number of carbonyl (C=O) groups excluding carboxylic acids is 3. The number of carbonyl (C=O) groups is 3. The molecule has 3 fully saturated rings. The quantitative estimate of drug-likeness (QED) is 0.649. The van der Waals surface area contributed by atoms with Crippen molar-refractivity contribution in [3.63, 3.8) is 0 Å². The summed E-state index contributed by atoms with van der Waals surface area (Å²) in [5.41, 5.74) is 1.11. The number of imide groups is 1. The number of halogens is 1. The van der Waals surface area contributed by atoms with Gasteiger partial charge in [0, 0.05) is 37.4 Å². The Bertz CT molecular complexity index is 890. The number of rotatable bonds is 4. The Morgan fingerprint density at radius 3 is 2.29 bits per heavy atom. The molecule has 31 heavy (non-hydrogen) atoms. The molecule has 0 saturated carbocycles. The lowest BCUT2D eigenvalue weighted by molar-refractivity contribution is -0.135. The first kappa shape index (κ1) is 21.9. The predicted molar refractivity (Wildman–Crippen MR) is 120 cm³/mol. The molecule has 3 aliphatic heterocycles. The predicted octanol–water partition coefficient (Wildman–Crippen LogP) is 4.25. The Labute approximate surface area is 186 Å². The van der Waals surface area contributed by atoms with Crippen LogP contribution in [0.25, 0.3) is 6.08 Å². The largest absolute Gasteiger partial charge is 0.371 e.